The molecule has 1 saturated carbocycles. The van der Waals surface area contributed by atoms with Crippen LogP contribution < -0.4 is 11.1 Å². The number of anilines is 1. The summed E-state index contributed by atoms with van der Waals surface area (Å²) in [5, 5.41) is 12.3. The summed E-state index contributed by atoms with van der Waals surface area (Å²) in [6.45, 7) is 2.32. The minimum Gasteiger partial charge on any atom is -0.481 e. The third kappa shape index (κ3) is 3.54. The van der Waals surface area contributed by atoms with Gasteiger partial charge >= 0.3 is 5.97 Å². The quantitative estimate of drug-likeness (QED) is 0.742. The molecule has 4 N–H and O–H groups in total. The minimum absolute atomic E-state index is 0.179. The molecule has 0 atom stereocenters. The van der Waals surface area contributed by atoms with Gasteiger partial charge in [-0.2, -0.15) is 0 Å². The summed E-state index contributed by atoms with van der Waals surface area (Å²) >= 11 is 0. The van der Waals surface area contributed by atoms with Crippen molar-refractivity contribution >= 4 is 17.6 Å². The highest BCUT2D eigenvalue weighted by Gasteiger charge is 2.41. The van der Waals surface area contributed by atoms with Crippen LogP contribution in [0.15, 0.2) is 24.3 Å². The summed E-state index contributed by atoms with van der Waals surface area (Å²) in [5.74, 6) is -0.508. The number of hydrogen-bond donors (Lipinski definition) is 3. The summed E-state index contributed by atoms with van der Waals surface area (Å²) in [6, 6.07) is 6.59. The first-order valence-corrected chi connectivity index (χ1v) is 7.30. The fourth-order valence-electron chi connectivity index (χ4n) is 2.77. The number of carbonyl (C=O) groups excluding carboxylic acids is 1. The topological polar surface area (TPSA) is 92.4 Å². The zero-order valence-electron chi connectivity index (χ0n) is 12.3. The maximum Gasteiger partial charge on any atom is 0.311 e. The molecule has 0 unspecified atom stereocenters. The first-order valence-electron chi connectivity index (χ1n) is 7.30. The van der Waals surface area contributed by atoms with Crippen LogP contribution in [0.25, 0.3) is 0 Å². The van der Waals surface area contributed by atoms with E-state index in [1.54, 1.807) is 24.3 Å². The molecule has 5 nitrogen and oxygen atoms in total. The van der Waals surface area contributed by atoms with Crippen LogP contribution in [0.4, 0.5) is 5.69 Å². The Balaban J connectivity index is 2.00. The van der Waals surface area contributed by atoms with E-state index < -0.39 is 11.4 Å². The summed E-state index contributed by atoms with van der Waals surface area (Å²) in [6.07, 6.45) is 3.02. The zero-order chi connectivity index (χ0) is 15.5. The van der Waals surface area contributed by atoms with E-state index in [-0.39, 0.29) is 12.5 Å². The third-order valence-corrected chi connectivity index (χ3v) is 4.45. The molecule has 0 radical (unpaired) electrons. The fraction of sp³-hybridized carbons (Fsp3) is 0.500. The van der Waals surface area contributed by atoms with Crippen molar-refractivity contribution < 1.29 is 14.7 Å². The Morgan fingerprint density at radius 1 is 1.29 bits per heavy atom. The number of hydrogen-bond acceptors (Lipinski definition) is 3. The van der Waals surface area contributed by atoms with Gasteiger partial charge in [0.25, 0.3) is 5.91 Å². The zero-order valence-corrected chi connectivity index (χ0v) is 12.3. The molecule has 0 aliphatic heterocycles. The highest BCUT2D eigenvalue weighted by Crippen LogP contribution is 2.38. The molecule has 5 heteroatoms. The van der Waals surface area contributed by atoms with Crippen LogP contribution in [0.1, 0.15) is 43.0 Å². The van der Waals surface area contributed by atoms with Crippen molar-refractivity contribution in [1.29, 1.82) is 0 Å². The van der Waals surface area contributed by atoms with Crippen LogP contribution in [0.2, 0.25) is 0 Å². The highest BCUT2D eigenvalue weighted by atomic mass is 16.4. The van der Waals surface area contributed by atoms with Crippen LogP contribution >= 0.6 is 0 Å². The van der Waals surface area contributed by atoms with Crippen LogP contribution in [0.3, 0.4) is 0 Å². The molecule has 0 saturated heterocycles. The Kier molecular flexibility index (Phi) is 4.50. The van der Waals surface area contributed by atoms with E-state index in [4.69, 9.17) is 5.73 Å². The van der Waals surface area contributed by atoms with Gasteiger partial charge in [0, 0.05) is 17.8 Å². The van der Waals surface area contributed by atoms with Gasteiger partial charge in [0.05, 0.1) is 5.41 Å². The molecule has 1 aromatic rings. The molecule has 114 valence electrons. The normalized spacial score (nSPS) is 25.3. The monoisotopic (exact) mass is 290 g/mol. The molecule has 1 fully saturated rings. The van der Waals surface area contributed by atoms with Gasteiger partial charge in [-0.1, -0.05) is 6.92 Å². The molecule has 21 heavy (non-hydrogen) atoms. The second-order valence-corrected chi connectivity index (χ2v) is 6.07. The predicted molar refractivity (Wildman–Crippen MR) is 80.9 cm³/mol. The number of carbonyl (C=O) groups is 2. The van der Waals surface area contributed by atoms with E-state index in [0.29, 0.717) is 30.0 Å². The number of carboxylic acid groups (broad SMARTS) is 1. The van der Waals surface area contributed by atoms with E-state index in [2.05, 4.69) is 12.2 Å². The molecular weight excluding hydrogens is 268 g/mol. The first kappa shape index (κ1) is 15.4. The molecule has 0 bridgehead atoms. The van der Waals surface area contributed by atoms with Gasteiger partial charge in [0.2, 0.25) is 0 Å². The molecule has 2 rings (SSSR count). The van der Waals surface area contributed by atoms with E-state index in [1.165, 1.54) is 0 Å². The molecule has 0 aromatic heterocycles. The second kappa shape index (κ2) is 6.16. The van der Waals surface area contributed by atoms with Crippen LogP contribution in [-0.2, 0) is 4.79 Å². The SMILES string of the molecule is CC1CCC(CNC(=O)c2ccc(N)cc2)(C(=O)O)CC1. The van der Waals surface area contributed by atoms with E-state index in [9.17, 15) is 14.7 Å². The van der Waals surface area contributed by atoms with Crippen LogP contribution in [-0.4, -0.2) is 23.5 Å². The van der Waals surface area contributed by atoms with Gasteiger partial charge in [-0.15, -0.1) is 0 Å². The molecule has 1 amide bonds. The van der Waals surface area contributed by atoms with E-state index in [1.807, 2.05) is 0 Å². The third-order valence-electron chi connectivity index (χ3n) is 4.45. The number of rotatable bonds is 4. The average Bonchev–Trinajstić information content (AvgIpc) is 2.47. The van der Waals surface area contributed by atoms with Crippen molar-refractivity contribution in [2.75, 3.05) is 12.3 Å². The predicted octanol–water partition coefficient (Wildman–Crippen LogP) is 2.28. The van der Waals surface area contributed by atoms with Gasteiger partial charge in [-0.05, 0) is 55.9 Å². The van der Waals surface area contributed by atoms with Gasteiger partial charge in [-0.3, -0.25) is 9.59 Å². The van der Waals surface area contributed by atoms with E-state index in [0.717, 1.165) is 12.8 Å². The molecule has 0 heterocycles. The number of amides is 1. The Hall–Kier alpha value is -2.04. The number of nitrogen functional groups attached to an aromatic ring is 1. The van der Waals surface area contributed by atoms with Gasteiger partial charge < -0.3 is 16.2 Å². The molecule has 1 aromatic carbocycles. The Bertz CT molecular complexity index is 517. The van der Waals surface area contributed by atoms with Gasteiger partial charge in [0.15, 0.2) is 0 Å². The van der Waals surface area contributed by atoms with Crippen molar-refractivity contribution in [3.8, 4) is 0 Å². The summed E-state index contributed by atoms with van der Waals surface area (Å²) in [5.41, 5.74) is 5.85. The van der Waals surface area contributed by atoms with Crippen molar-refractivity contribution in [1.82, 2.24) is 5.32 Å². The van der Waals surface area contributed by atoms with Crippen molar-refractivity contribution in [2.24, 2.45) is 11.3 Å². The lowest BCUT2D eigenvalue weighted by Gasteiger charge is -2.35. The average molecular weight is 290 g/mol. The number of nitrogens with two attached hydrogens (primary N) is 1. The standard InChI is InChI=1S/C16H22N2O3/c1-11-6-8-16(9-7-11,15(20)21)10-18-14(19)12-2-4-13(17)5-3-12/h2-5,11H,6-10,17H2,1H3,(H,18,19)(H,20,21). The fourth-order valence-corrected chi connectivity index (χ4v) is 2.77. The number of carboxylic acids is 1. The minimum atomic E-state index is -0.823. The second-order valence-electron chi connectivity index (χ2n) is 6.07. The number of benzene rings is 1. The Morgan fingerprint density at radius 2 is 1.86 bits per heavy atom. The maximum atomic E-state index is 12.1. The largest absolute Gasteiger partial charge is 0.481 e. The van der Waals surface area contributed by atoms with E-state index >= 15 is 0 Å². The Morgan fingerprint density at radius 3 is 2.38 bits per heavy atom. The lowest BCUT2D eigenvalue weighted by atomic mass is 9.71. The lowest BCUT2D eigenvalue weighted by Crippen LogP contribution is -2.45. The summed E-state index contributed by atoms with van der Waals surface area (Å²) in [4.78, 5) is 23.7. The lowest BCUT2D eigenvalue weighted by molar-refractivity contribution is -0.151. The van der Waals surface area contributed by atoms with Gasteiger partial charge in [0.1, 0.15) is 0 Å². The first-order chi connectivity index (χ1) is 9.93. The molecule has 1 aliphatic carbocycles. The van der Waals surface area contributed by atoms with Crippen molar-refractivity contribution in [3.05, 3.63) is 29.8 Å². The summed E-state index contributed by atoms with van der Waals surface area (Å²) in [7, 11) is 0. The molecular formula is C16H22N2O3. The highest BCUT2D eigenvalue weighted by molar-refractivity contribution is 5.94. The summed E-state index contributed by atoms with van der Waals surface area (Å²) < 4.78 is 0. The van der Waals surface area contributed by atoms with Crippen LogP contribution in [0.5, 0.6) is 0 Å². The maximum absolute atomic E-state index is 12.1. The number of nitrogens with one attached hydrogen (secondary N) is 1. The molecule has 1 aliphatic rings. The smallest absolute Gasteiger partial charge is 0.311 e. The van der Waals surface area contributed by atoms with Crippen LogP contribution in [0, 0.1) is 11.3 Å². The van der Waals surface area contributed by atoms with Gasteiger partial charge in [-0.25, -0.2) is 0 Å². The van der Waals surface area contributed by atoms with Crippen molar-refractivity contribution in [2.45, 2.75) is 32.6 Å². The molecule has 0 spiro atoms. The number of aliphatic carboxylic acids is 1. The van der Waals surface area contributed by atoms with Crippen molar-refractivity contribution in [3.63, 3.8) is 0 Å². The Labute approximate surface area is 124 Å².